The van der Waals surface area contributed by atoms with Crippen molar-refractivity contribution in [1.82, 2.24) is 25.1 Å². The van der Waals surface area contributed by atoms with Crippen LogP contribution < -0.4 is 5.32 Å². The van der Waals surface area contributed by atoms with Gasteiger partial charge in [0.05, 0.1) is 0 Å². The van der Waals surface area contributed by atoms with Gasteiger partial charge in [0.25, 0.3) is 5.91 Å². The fraction of sp³-hybridized carbons (Fsp3) is 0.714. The van der Waals surface area contributed by atoms with E-state index in [-0.39, 0.29) is 11.9 Å². The lowest BCUT2D eigenvalue weighted by Crippen LogP contribution is -2.50. The Labute approximate surface area is 180 Å². The summed E-state index contributed by atoms with van der Waals surface area (Å²) in [6.45, 7) is 2.68. The Morgan fingerprint density at radius 2 is 2.03 bits per heavy atom. The van der Waals surface area contributed by atoms with Crippen molar-refractivity contribution >= 4 is 11.8 Å². The summed E-state index contributed by atoms with van der Waals surface area (Å²) >= 11 is 0. The van der Waals surface area contributed by atoms with Crippen LogP contribution in [0.5, 0.6) is 0 Å². The van der Waals surface area contributed by atoms with Gasteiger partial charge in [0.15, 0.2) is 0 Å². The lowest BCUT2D eigenvalue weighted by molar-refractivity contribution is -0.145. The number of hydrogen-bond donors (Lipinski definition) is 1. The number of likely N-dealkylation sites (tertiary alicyclic amines) is 1. The molecule has 4 atom stereocenters. The molecule has 0 unspecified atom stereocenters. The lowest BCUT2D eigenvalue weighted by atomic mass is 9.78. The molecule has 1 saturated heterocycles. The molecule has 1 aromatic heterocycles. The van der Waals surface area contributed by atoms with Gasteiger partial charge in [-0.1, -0.05) is 13.3 Å². The highest BCUT2D eigenvalue weighted by atomic mass is 19.4. The third-order valence-electron chi connectivity index (χ3n) is 6.39. The molecule has 1 N–H and O–H groups in total. The van der Waals surface area contributed by atoms with E-state index < -0.39 is 29.6 Å². The molecule has 0 radical (unpaired) electrons. The van der Waals surface area contributed by atoms with E-state index in [1.54, 1.807) is 0 Å². The number of hydrogen-bond acceptors (Lipinski definition) is 5. The topological polar surface area (TPSA) is 78.4 Å². The molecule has 172 valence electrons. The second kappa shape index (κ2) is 9.50. The van der Waals surface area contributed by atoms with Crippen LogP contribution in [0.3, 0.4) is 0 Å². The number of halogens is 3. The molecule has 31 heavy (non-hydrogen) atoms. The minimum atomic E-state index is -4.74. The van der Waals surface area contributed by atoms with Gasteiger partial charge in [-0.3, -0.25) is 9.59 Å². The molecule has 2 amide bonds. The Bertz CT molecular complexity index is 801. The maximum Gasteiger partial charge on any atom is 0.451 e. The third kappa shape index (κ3) is 5.34. The minimum absolute atomic E-state index is 0.140. The maximum absolute atomic E-state index is 13.1. The first-order valence-corrected chi connectivity index (χ1v) is 10.8. The van der Waals surface area contributed by atoms with E-state index in [0.29, 0.717) is 24.9 Å². The quantitative estimate of drug-likeness (QED) is 0.735. The smallest absolute Gasteiger partial charge is 0.339 e. The summed E-state index contributed by atoms with van der Waals surface area (Å²) in [4.78, 5) is 36.1. The number of carbonyl (C=O) groups is 2. The zero-order valence-electron chi connectivity index (χ0n) is 18.2. The number of amides is 2. The van der Waals surface area contributed by atoms with Crippen molar-refractivity contribution in [2.24, 2.45) is 5.92 Å². The van der Waals surface area contributed by atoms with E-state index in [0.717, 1.165) is 44.4 Å². The Morgan fingerprint density at radius 1 is 1.29 bits per heavy atom. The molecule has 7 nitrogen and oxygen atoms in total. The average molecular weight is 441 g/mol. The number of nitrogens with zero attached hydrogens (tertiary/aromatic N) is 4. The van der Waals surface area contributed by atoms with Crippen LogP contribution in [-0.4, -0.2) is 70.3 Å². The maximum atomic E-state index is 13.1. The van der Waals surface area contributed by atoms with Crippen LogP contribution in [0, 0.1) is 5.92 Å². The van der Waals surface area contributed by atoms with Gasteiger partial charge < -0.3 is 15.1 Å². The molecule has 2 aliphatic rings. The predicted octanol–water partition coefficient (Wildman–Crippen LogP) is 2.73. The van der Waals surface area contributed by atoms with Gasteiger partial charge in [-0.15, -0.1) is 0 Å². The molecule has 10 heteroatoms. The van der Waals surface area contributed by atoms with Crippen molar-refractivity contribution in [3.63, 3.8) is 0 Å². The molecule has 1 saturated carbocycles. The summed E-state index contributed by atoms with van der Waals surface area (Å²) in [5, 5.41) is 2.57. The molecular formula is C21H30F3N5O2. The number of alkyl halides is 3. The van der Waals surface area contributed by atoms with E-state index in [4.69, 9.17) is 0 Å². The van der Waals surface area contributed by atoms with Gasteiger partial charge in [-0.2, -0.15) is 13.2 Å². The van der Waals surface area contributed by atoms with Crippen LogP contribution in [0.15, 0.2) is 12.3 Å². The monoisotopic (exact) mass is 441 g/mol. The third-order valence-corrected chi connectivity index (χ3v) is 6.39. The standard InChI is InChI=1S/C21H30F3N5O2/c1-4-5-13-12-14(28(2)3)6-7-17(13)29-11-9-16(19(29)31)26-18(30)15-8-10-25-20(27-15)21(22,23)24/h8,10,13-14,16-17H,4-7,9,11-12H2,1-3H3,(H,26,30)/t13-,14+,16-,17-/m0/s1. The van der Waals surface area contributed by atoms with Crippen LogP contribution in [0.1, 0.15) is 61.8 Å². The van der Waals surface area contributed by atoms with Crippen molar-refractivity contribution in [3.05, 3.63) is 23.8 Å². The van der Waals surface area contributed by atoms with Crippen molar-refractivity contribution in [1.29, 1.82) is 0 Å². The summed E-state index contributed by atoms with van der Waals surface area (Å²) in [7, 11) is 4.16. The van der Waals surface area contributed by atoms with E-state index in [9.17, 15) is 22.8 Å². The molecule has 2 heterocycles. The predicted molar refractivity (Wildman–Crippen MR) is 108 cm³/mol. The summed E-state index contributed by atoms with van der Waals surface area (Å²) < 4.78 is 38.4. The first-order chi connectivity index (χ1) is 14.6. The average Bonchev–Trinajstić information content (AvgIpc) is 3.07. The summed E-state index contributed by atoms with van der Waals surface area (Å²) in [5.74, 6) is -1.93. The van der Waals surface area contributed by atoms with Gasteiger partial charge in [0.1, 0.15) is 11.7 Å². The zero-order valence-corrected chi connectivity index (χ0v) is 18.2. The van der Waals surface area contributed by atoms with Crippen molar-refractivity contribution in [3.8, 4) is 0 Å². The van der Waals surface area contributed by atoms with E-state index >= 15 is 0 Å². The van der Waals surface area contributed by atoms with Gasteiger partial charge in [0.2, 0.25) is 11.7 Å². The van der Waals surface area contributed by atoms with Gasteiger partial charge in [-0.25, -0.2) is 9.97 Å². The molecule has 3 rings (SSSR count). The molecular weight excluding hydrogens is 411 g/mol. The Kier molecular flexibility index (Phi) is 7.18. The van der Waals surface area contributed by atoms with Crippen LogP contribution >= 0.6 is 0 Å². The second-order valence-electron chi connectivity index (χ2n) is 8.66. The first-order valence-electron chi connectivity index (χ1n) is 10.8. The highest BCUT2D eigenvalue weighted by Gasteiger charge is 2.42. The second-order valence-corrected chi connectivity index (χ2v) is 8.66. The highest BCUT2D eigenvalue weighted by molar-refractivity contribution is 5.96. The van der Waals surface area contributed by atoms with Gasteiger partial charge in [0, 0.05) is 24.8 Å². The van der Waals surface area contributed by atoms with E-state index in [2.05, 4.69) is 41.2 Å². The number of rotatable bonds is 6. The number of aromatic nitrogens is 2. The van der Waals surface area contributed by atoms with Crippen molar-refractivity contribution in [2.45, 2.75) is 69.8 Å². The fourth-order valence-corrected chi connectivity index (χ4v) is 4.80. The Hall–Kier alpha value is -2.23. The fourth-order valence-electron chi connectivity index (χ4n) is 4.80. The molecule has 0 spiro atoms. The van der Waals surface area contributed by atoms with Crippen LogP contribution in [-0.2, 0) is 11.0 Å². The highest BCUT2D eigenvalue weighted by Crippen LogP contribution is 2.35. The molecule has 1 aromatic rings. The van der Waals surface area contributed by atoms with Crippen LogP contribution in [0.4, 0.5) is 13.2 Å². The normalized spacial score (nSPS) is 27.1. The van der Waals surface area contributed by atoms with Crippen molar-refractivity contribution < 1.29 is 22.8 Å². The SMILES string of the molecule is CCC[C@H]1C[C@H](N(C)C)CC[C@@H]1N1CC[C@H](NC(=O)c2ccnc(C(F)(F)F)n2)C1=O. The van der Waals surface area contributed by atoms with Crippen LogP contribution in [0.25, 0.3) is 0 Å². The zero-order chi connectivity index (χ0) is 22.8. The molecule has 0 bridgehead atoms. The largest absolute Gasteiger partial charge is 0.451 e. The van der Waals surface area contributed by atoms with Crippen molar-refractivity contribution in [2.75, 3.05) is 20.6 Å². The van der Waals surface area contributed by atoms with E-state index in [1.165, 1.54) is 0 Å². The molecule has 2 fully saturated rings. The van der Waals surface area contributed by atoms with Gasteiger partial charge in [-0.05, 0) is 58.2 Å². The Balaban J connectivity index is 1.66. The summed E-state index contributed by atoms with van der Waals surface area (Å²) in [5.41, 5.74) is -0.399. The molecule has 0 aromatic carbocycles. The number of nitrogens with one attached hydrogen (secondary N) is 1. The Morgan fingerprint density at radius 3 is 2.68 bits per heavy atom. The number of carbonyl (C=O) groups excluding carboxylic acids is 2. The minimum Gasteiger partial charge on any atom is -0.339 e. The lowest BCUT2D eigenvalue weighted by Gasteiger charge is -2.43. The molecule has 1 aliphatic heterocycles. The first kappa shape index (κ1) is 23.4. The van der Waals surface area contributed by atoms with Crippen LogP contribution in [0.2, 0.25) is 0 Å². The summed E-state index contributed by atoms with van der Waals surface area (Å²) in [6, 6.07) is 1.01. The molecule has 1 aliphatic carbocycles. The van der Waals surface area contributed by atoms with Gasteiger partial charge >= 0.3 is 6.18 Å². The van der Waals surface area contributed by atoms with E-state index in [1.807, 2.05) is 4.90 Å². The summed E-state index contributed by atoms with van der Waals surface area (Å²) in [6.07, 6.45) is 1.64.